The van der Waals surface area contributed by atoms with Crippen LogP contribution in [0.5, 0.6) is 0 Å². The fourth-order valence-corrected chi connectivity index (χ4v) is 0.348. The third-order valence-electron chi connectivity index (χ3n) is 0.699. The summed E-state index contributed by atoms with van der Waals surface area (Å²) in [7, 11) is 0. The first-order valence-corrected chi connectivity index (χ1v) is 2.12. The van der Waals surface area contributed by atoms with Crippen molar-refractivity contribution < 1.29 is 4.79 Å². The Kier molecular flexibility index (Phi) is 1.07. The largest absolute Gasteiger partial charge is 0.291 e. The zero-order chi connectivity index (χ0) is 5.98. The molecule has 1 radical (unpaired) electrons. The van der Waals surface area contributed by atoms with Gasteiger partial charge >= 0.3 is 0 Å². The topological polar surface area (TPSA) is 55.9 Å². The molecule has 4 nitrogen and oxygen atoms in total. The van der Waals surface area contributed by atoms with Gasteiger partial charge in [-0.2, -0.15) is 0 Å². The van der Waals surface area contributed by atoms with Crippen LogP contribution in [0, 0.1) is 0 Å². The molecule has 0 aromatic heterocycles. The van der Waals surface area contributed by atoms with Crippen molar-refractivity contribution in [1.29, 1.82) is 0 Å². The van der Waals surface area contributed by atoms with Crippen molar-refractivity contribution in [3.8, 4) is 0 Å². The molecule has 0 atom stereocenters. The summed E-state index contributed by atoms with van der Waals surface area (Å²) in [4.78, 5) is 13.9. The SMILES string of the molecule is CC(=O)C1=N[N]C=N1. The summed E-state index contributed by atoms with van der Waals surface area (Å²) in [5, 5.41) is 3.41. The van der Waals surface area contributed by atoms with Gasteiger partial charge in [0.05, 0.1) is 0 Å². The second-order valence-electron chi connectivity index (χ2n) is 1.34. The first-order valence-electron chi connectivity index (χ1n) is 2.12. The maximum atomic E-state index is 10.3. The highest BCUT2D eigenvalue weighted by Crippen LogP contribution is 1.86. The Morgan fingerprint density at radius 3 is 2.75 bits per heavy atom. The second kappa shape index (κ2) is 1.73. The van der Waals surface area contributed by atoms with E-state index in [1.807, 2.05) is 0 Å². The Bertz CT molecular complexity index is 170. The summed E-state index contributed by atoms with van der Waals surface area (Å²) >= 11 is 0. The summed E-state index contributed by atoms with van der Waals surface area (Å²) < 4.78 is 0. The van der Waals surface area contributed by atoms with E-state index in [-0.39, 0.29) is 11.6 Å². The van der Waals surface area contributed by atoms with Crippen molar-refractivity contribution in [3.05, 3.63) is 0 Å². The summed E-state index contributed by atoms with van der Waals surface area (Å²) in [6.07, 6.45) is 1.25. The van der Waals surface area contributed by atoms with Crippen LogP contribution >= 0.6 is 0 Å². The minimum atomic E-state index is -0.150. The number of Topliss-reactive ketones (excluding diaryl/α,β-unsaturated/α-hetero) is 1. The third kappa shape index (κ3) is 0.726. The van der Waals surface area contributed by atoms with Gasteiger partial charge in [-0.3, -0.25) is 4.79 Å². The van der Waals surface area contributed by atoms with E-state index in [1.54, 1.807) is 0 Å². The first kappa shape index (κ1) is 4.96. The molecule has 0 saturated carbocycles. The van der Waals surface area contributed by atoms with E-state index in [1.165, 1.54) is 13.3 Å². The third-order valence-corrected chi connectivity index (χ3v) is 0.699. The van der Waals surface area contributed by atoms with E-state index in [0.717, 1.165) is 0 Å². The standard InChI is InChI=1S/C4H4N3O/c1-3(8)4-5-2-6-7-4/h2H,1H3. The van der Waals surface area contributed by atoms with E-state index < -0.39 is 0 Å². The van der Waals surface area contributed by atoms with Crippen LogP contribution in [0.15, 0.2) is 10.1 Å². The number of nitrogens with zero attached hydrogens (tertiary/aromatic N) is 3. The van der Waals surface area contributed by atoms with Gasteiger partial charge in [-0.05, 0) is 0 Å². The van der Waals surface area contributed by atoms with Crippen LogP contribution in [0.1, 0.15) is 6.92 Å². The van der Waals surface area contributed by atoms with Gasteiger partial charge in [0, 0.05) is 6.92 Å². The van der Waals surface area contributed by atoms with Gasteiger partial charge in [0.25, 0.3) is 0 Å². The van der Waals surface area contributed by atoms with Crippen molar-refractivity contribution in [3.63, 3.8) is 0 Å². The molecule has 0 unspecified atom stereocenters. The summed E-state index contributed by atoms with van der Waals surface area (Å²) in [6, 6.07) is 0. The molecule has 0 amide bonds. The Labute approximate surface area is 46.3 Å². The van der Waals surface area contributed by atoms with Crippen molar-refractivity contribution in [2.24, 2.45) is 10.1 Å². The molecule has 1 aliphatic rings. The zero-order valence-corrected chi connectivity index (χ0v) is 4.33. The average Bonchev–Trinajstić information content (AvgIpc) is 2.12. The van der Waals surface area contributed by atoms with Gasteiger partial charge in [0.15, 0.2) is 5.78 Å². The molecule has 8 heavy (non-hydrogen) atoms. The molecule has 0 spiro atoms. The maximum absolute atomic E-state index is 10.3. The number of rotatable bonds is 1. The van der Waals surface area contributed by atoms with Crippen LogP contribution in [0.25, 0.3) is 0 Å². The van der Waals surface area contributed by atoms with E-state index in [0.29, 0.717) is 0 Å². The number of hydrogen-bond acceptors (Lipinski definition) is 3. The molecular weight excluding hydrogens is 106 g/mol. The maximum Gasteiger partial charge on any atom is 0.219 e. The number of carbonyl (C=O) groups is 1. The monoisotopic (exact) mass is 110 g/mol. The predicted octanol–water partition coefficient (Wildman–Crippen LogP) is -0.465. The lowest BCUT2D eigenvalue weighted by Gasteiger charge is -1.79. The molecule has 0 saturated heterocycles. The quantitative estimate of drug-likeness (QED) is 0.450. The highest BCUT2D eigenvalue weighted by Gasteiger charge is 2.05. The van der Waals surface area contributed by atoms with Crippen molar-refractivity contribution in [2.75, 3.05) is 0 Å². The van der Waals surface area contributed by atoms with E-state index in [4.69, 9.17) is 0 Å². The predicted molar refractivity (Wildman–Crippen MR) is 28.7 cm³/mol. The second-order valence-corrected chi connectivity index (χ2v) is 1.34. The number of carbonyl (C=O) groups excluding carboxylic acids is 1. The fraction of sp³-hybridized carbons (Fsp3) is 0.250. The lowest BCUT2D eigenvalue weighted by atomic mass is 10.4. The number of amidine groups is 1. The summed E-state index contributed by atoms with van der Waals surface area (Å²) in [5.74, 6) is 0.0347. The number of ketones is 1. The van der Waals surface area contributed by atoms with Crippen LogP contribution in [0.2, 0.25) is 0 Å². The first-order chi connectivity index (χ1) is 3.80. The van der Waals surface area contributed by atoms with Gasteiger partial charge in [-0.25, -0.2) is 4.99 Å². The molecule has 0 bridgehead atoms. The van der Waals surface area contributed by atoms with Crippen LogP contribution in [0.3, 0.4) is 0 Å². The van der Waals surface area contributed by atoms with E-state index in [9.17, 15) is 4.79 Å². The van der Waals surface area contributed by atoms with Gasteiger partial charge in [0.1, 0.15) is 6.34 Å². The van der Waals surface area contributed by atoms with Crippen molar-refractivity contribution in [1.82, 2.24) is 5.43 Å². The van der Waals surface area contributed by atoms with Crippen LogP contribution in [-0.4, -0.2) is 18.0 Å². The molecule has 0 N–H and O–H groups in total. The van der Waals surface area contributed by atoms with Crippen LogP contribution < -0.4 is 5.43 Å². The lowest BCUT2D eigenvalue weighted by molar-refractivity contribution is -0.111. The molecule has 0 aliphatic carbocycles. The zero-order valence-electron chi connectivity index (χ0n) is 4.33. The number of aliphatic imine (C=N–C) groups is 1. The minimum absolute atomic E-state index is 0.150. The molecule has 1 heterocycles. The Balaban J connectivity index is 2.72. The Hall–Kier alpha value is -1.19. The highest BCUT2D eigenvalue weighted by atomic mass is 16.1. The summed E-state index contributed by atoms with van der Waals surface area (Å²) in [6.45, 7) is 1.40. The van der Waals surface area contributed by atoms with Gasteiger partial charge in [-0.15, -0.1) is 10.5 Å². The molecule has 0 fully saturated rings. The molecule has 1 rings (SSSR count). The van der Waals surface area contributed by atoms with E-state index >= 15 is 0 Å². The van der Waals surface area contributed by atoms with Crippen LogP contribution in [0.4, 0.5) is 0 Å². The van der Waals surface area contributed by atoms with Crippen molar-refractivity contribution in [2.45, 2.75) is 6.92 Å². The van der Waals surface area contributed by atoms with Gasteiger partial charge < -0.3 is 0 Å². The molecule has 41 valence electrons. The van der Waals surface area contributed by atoms with Gasteiger partial charge in [0.2, 0.25) is 5.84 Å². The summed E-state index contributed by atoms with van der Waals surface area (Å²) in [5.41, 5.74) is 3.36. The van der Waals surface area contributed by atoms with Crippen molar-refractivity contribution >= 4 is 18.0 Å². The minimum Gasteiger partial charge on any atom is -0.291 e. The van der Waals surface area contributed by atoms with Crippen LogP contribution in [-0.2, 0) is 4.79 Å². The highest BCUT2D eigenvalue weighted by molar-refractivity contribution is 6.40. The van der Waals surface area contributed by atoms with E-state index in [2.05, 4.69) is 15.5 Å². The molecule has 0 aromatic rings. The van der Waals surface area contributed by atoms with Gasteiger partial charge in [-0.1, -0.05) is 0 Å². The smallest absolute Gasteiger partial charge is 0.219 e. The average molecular weight is 110 g/mol. The molecule has 1 aliphatic heterocycles. The fourth-order valence-electron chi connectivity index (χ4n) is 0.348. The normalized spacial score (nSPS) is 15.4. The molecule has 0 aromatic carbocycles. The Morgan fingerprint density at radius 2 is 2.50 bits per heavy atom. The Morgan fingerprint density at radius 1 is 1.75 bits per heavy atom. The molecular formula is C4H4N3O. The molecule has 4 heteroatoms. The lowest BCUT2D eigenvalue weighted by Crippen LogP contribution is -2.03. The number of hydrogen-bond donors (Lipinski definition) is 0.